The lowest BCUT2D eigenvalue weighted by atomic mass is 9.86. The van der Waals surface area contributed by atoms with E-state index in [0.717, 1.165) is 24.0 Å². The minimum Gasteiger partial charge on any atom is -0.445 e. The second kappa shape index (κ2) is 8.32. The monoisotopic (exact) mass is 356 g/mol. The van der Waals surface area contributed by atoms with E-state index in [0.29, 0.717) is 23.7 Å². The van der Waals surface area contributed by atoms with Crippen LogP contribution in [0.15, 0.2) is 42.5 Å². The Morgan fingerprint density at radius 3 is 2.38 bits per heavy atom. The van der Waals surface area contributed by atoms with E-state index in [-0.39, 0.29) is 24.6 Å². The van der Waals surface area contributed by atoms with Gasteiger partial charge in [-0.3, -0.25) is 0 Å². The number of amides is 1. The molecule has 4 nitrogen and oxygen atoms in total. The number of ether oxygens (including phenoxy) is 1. The molecule has 26 heavy (non-hydrogen) atoms. The summed E-state index contributed by atoms with van der Waals surface area (Å²) >= 11 is 0. The standard InChI is InChI=1S/C21H25FN2O2/c1-14-8-17(9-15(2)20(14)22)12-23-18-10-19(11-18)24-21(25)26-13-16-6-4-3-5-7-16/h3-9,18-19,23H,10-13H2,1-2H3,(H,24,25). The molecule has 1 amide bonds. The normalized spacial score (nSPS) is 18.9. The lowest BCUT2D eigenvalue weighted by Gasteiger charge is -2.36. The van der Waals surface area contributed by atoms with Crippen LogP contribution in [-0.4, -0.2) is 18.2 Å². The van der Waals surface area contributed by atoms with Crippen LogP contribution in [0.1, 0.15) is 35.1 Å². The van der Waals surface area contributed by atoms with Gasteiger partial charge in [-0.25, -0.2) is 9.18 Å². The average molecular weight is 356 g/mol. The number of carbonyl (C=O) groups excluding carboxylic acids is 1. The predicted molar refractivity (Wildman–Crippen MR) is 99.3 cm³/mol. The lowest BCUT2D eigenvalue weighted by molar-refractivity contribution is 0.125. The van der Waals surface area contributed by atoms with Gasteiger partial charge in [-0.15, -0.1) is 0 Å². The number of nitrogens with one attached hydrogen (secondary N) is 2. The van der Waals surface area contributed by atoms with Crippen LogP contribution in [0.3, 0.4) is 0 Å². The highest BCUT2D eigenvalue weighted by Crippen LogP contribution is 2.21. The molecule has 0 saturated heterocycles. The minimum absolute atomic E-state index is 0.129. The van der Waals surface area contributed by atoms with Crippen molar-refractivity contribution in [1.82, 2.24) is 10.6 Å². The highest BCUT2D eigenvalue weighted by atomic mass is 19.1. The quantitative estimate of drug-likeness (QED) is 0.823. The minimum atomic E-state index is -0.373. The summed E-state index contributed by atoms with van der Waals surface area (Å²) in [4.78, 5) is 11.8. The van der Waals surface area contributed by atoms with Gasteiger partial charge in [-0.05, 0) is 48.9 Å². The molecule has 1 fully saturated rings. The van der Waals surface area contributed by atoms with Crippen molar-refractivity contribution >= 4 is 6.09 Å². The van der Waals surface area contributed by atoms with Gasteiger partial charge in [-0.1, -0.05) is 42.5 Å². The number of hydrogen-bond donors (Lipinski definition) is 2. The third kappa shape index (κ3) is 4.82. The second-order valence-electron chi connectivity index (χ2n) is 7.00. The fourth-order valence-electron chi connectivity index (χ4n) is 3.23. The Bertz CT molecular complexity index is 735. The molecular formula is C21H25FN2O2. The van der Waals surface area contributed by atoms with E-state index in [4.69, 9.17) is 4.74 Å². The van der Waals surface area contributed by atoms with Gasteiger partial charge >= 0.3 is 6.09 Å². The zero-order valence-corrected chi connectivity index (χ0v) is 15.2. The molecule has 2 aromatic rings. The summed E-state index contributed by atoms with van der Waals surface area (Å²) in [6.45, 7) is 4.56. The lowest BCUT2D eigenvalue weighted by Crippen LogP contribution is -2.52. The van der Waals surface area contributed by atoms with Crippen LogP contribution in [0, 0.1) is 19.7 Å². The highest BCUT2D eigenvalue weighted by Gasteiger charge is 2.30. The van der Waals surface area contributed by atoms with Gasteiger partial charge in [0.2, 0.25) is 0 Å². The van der Waals surface area contributed by atoms with Crippen LogP contribution >= 0.6 is 0 Å². The first-order valence-corrected chi connectivity index (χ1v) is 8.97. The van der Waals surface area contributed by atoms with Crippen molar-refractivity contribution in [3.63, 3.8) is 0 Å². The van der Waals surface area contributed by atoms with Crippen LogP contribution in [0.2, 0.25) is 0 Å². The predicted octanol–water partition coefficient (Wildman–Crippen LogP) is 3.99. The zero-order valence-electron chi connectivity index (χ0n) is 15.2. The van der Waals surface area contributed by atoms with Crippen LogP contribution < -0.4 is 10.6 Å². The number of rotatable bonds is 6. The molecule has 138 valence electrons. The molecule has 0 radical (unpaired) electrons. The second-order valence-corrected chi connectivity index (χ2v) is 7.00. The molecule has 1 aliphatic rings. The topological polar surface area (TPSA) is 50.4 Å². The number of alkyl carbamates (subject to hydrolysis) is 1. The molecular weight excluding hydrogens is 331 g/mol. The molecule has 0 bridgehead atoms. The van der Waals surface area contributed by atoms with Crippen LogP contribution in [0.5, 0.6) is 0 Å². The van der Waals surface area contributed by atoms with Crippen molar-refractivity contribution in [3.05, 3.63) is 70.5 Å². The van der Waals surface area contributed by atoms with E-state index in [9.17, 15) is 9.18 Å². The Balaban J connectivity index is 1.35. The maximum Gasteiger partial charge on any atom is 0.407 e. The van der Waals surface area contributed by atoms with Crippen LogP contribution in [0.25, 0.3) is 0 Å². The summed E-state index contributed by atoms with van der Waals surface area (Å²) < 4.78 is 18.9. The molecule has 1 saturated carbocycles. The molecule has 2 aromatic carbocycles. The van der Waals surface area contributed by atoms with Crippen molar-refractivity contribution in [2.24, 2.45) is 0 Å². The summed E-state index contributed by atoms with van der Waals surface area (Å²) in [6.07, 6.45) is 1.38. The third-order valence-electron chi connectivity index (χ3n) is 4.76. The van der Waals surface area contributed by atoms with Gasteiger partial charge in [0.25, 0.3) is 0 Å². The molecule has 0 atom stereocenters. The SMILES string of the molecule is Cc1cc(CNC2CC(NC(=O)OCc3ccccc3)C2)cc(C)c1F. The molecule has 1 aliphatic carbocycles. The Hall–Kier alpha value is -2.40. The van der Waals surface area contributed by atoms with Crippen molar-refractivity contribution in [1.29, 1.82) is 0 Å². The summed E-state index contributed by atoms with van der Waals surface area (Å²) in [5.74, 6) is -0.129. The number of halogens is 1. The zero-order chi connectivity index (χ0) is 18.5. The first-order valence-electron chi connectivity index (χ1n) is 8.97. The number of carbonyl (C=O) groups is 1. The average Bonchev–Trinajstić information content (AvgIpc) is 2.60. The van der Waals surface area contributed by atoms with Gasteiger partial charge in [-0.2, -0.15) is 0 Å². The summed E-state index contributed by atoms with van der Waals surface area (Å²) in [5.41, 5.74) is 3.41. The van der Waals surface area contributed by atoms with Crippen LogP contribution in [-0.2, 0) is 17.9 Å². The Morgan fingerprint density at radius 2 is 1.73 bits per heavy atom. The first kappa shape index (κ1) is 18.4. The Kier molecular flexibility index (Phi) is 5.89. The third-order valence-corrected chi connectivity index (χ3v) is 4.76. The summed E-state index contributed by atoms with van der Waals surface area (Å²) in [6, 6.07) is 13.9. The molecule has 0 aromatic heterocycles. The van der Waals surface area contributed by atoms with Crippen molar-refractivity contribution in [3.8, 4) is 0 Å². The highest BCUT2D eigenvalue weighted by molar-refractivity contribution is 5.67. The van der Waals surface area contributed by atoms with E-state index in [2.05, 4.69) is 10.6 Å². The van der Waals surface area contributed by atoms with Gasteiger partial charge in [0.15, 0.2) is 0 Å². The largest absolute Gasteiger partial charge is 0.445 e. The first-order chi connectivity index (χ1) is 12.5. The maximum absolute atomic E-state index is 13.7. The fraction of sp³-hybridized carbons (Fsp3) is 0.381. The van der Waals surface area contributed by atoms with Crippen molar-refractivity contribution in [2.45, 2.75) is 51.9 Å². The van der Waals surface area contributed by atoms with Gasteiger partial charge in [0.1, 0.15) is 12.4 Å². The van der Waals surface area contributed by atoms with Crippen LogP contribution in [0.4, 0.5) is 9.18 Å². The molecule has 2 N–H and O–H groups in total. The molecule has 3 rings (SSSR count). The number of aryl methyl sites for hydroxylation is 2. The summed E-state index contributed by atoms with van der Waals surface area (Å²) in [7, 11) is 0. The van der Waals surface area contributed by atoms with Crippen molar-refractivity contribution in [2.75, 3.05) is 0 Å². The van der Waals surface area contributed by atoms with E-state index < -0.39 is 0 Å². The van der Waals surface area contributed by atoms with Gasteiger partial charge in [0, 0.05) is 18.6 Å². The fourth-order valence-corrected chi connectivity index (χ4v) is 3.23. The van der Waals surface area contributed by atoms with Gasteiger partial charge in [0.05, 0.1) is 0 Å². The summed E-state index contributed by atoms with van der Waals surface area (Å²) in [5, 5.41) is 6.35. The Morgan fingerprint density at radius 1 is 1.08 bits per heavy atom. The molecule has 5 heteroatoms. The molecule has 0 unspecified atom stereocenters. The van der Waals surface area contributed by atoms with E-state index in [1.807, 2.05) is 42.5 Å². The van der Waals surface area contributed by atoms with E-state index >= 15 is 0 Å². The number of hydrogen-bond acceptors (Lipinski definition) is 3. The van der Waals surface area contributed by atoms with E-state index in [1.54, 1.807) is 13.8 Å². The van der Waals surface area contributed by atoms with Crippen molar-refractivity contribution < 1.29 is 13.9 Å². The maximum atomic E-state index is 13.7. The molecule has 0 heterocycles. The Labute approximate surface area is 153 Å². The molecule has 0 spiro atoms. The van der Waals surface area contributed by atoms with E-state index in [1.165, 1.54) is 0 Å². The number of benzene rings is 2. The van der Waals surface area contributed by atoms with Gasteiger partial charge < -0.3 is 15.4 Å². The smallest absolute Gasteiger partial charge is 0.407 e. The molecule has 0 aliphatic heterocycles.